The second-order valence-electron chi connectivity index (χ2n) is 11.4. The summed E-state index contributed by atoms with van der Waals surface area (Å²) in [6.45, 7) is 4.68. The number of anilines is 3. The average Bonchev–Trinajstić information content (AvgIpc) is 3.23. The summed E-state index contributed by atoms with van der Waals surface area (Å²) < 4.78 is 0. The summed E-state index contributed by atoms with van der Waals surface area (Å²) in [5.41, 5.74) is 6.55. The third-order valence-corrected chi connectivity index (χ3v) is 8.79. The molecule has 2 nitrogen and oxygen atoms in total. The van der Waals surface area contributed by atoms with Gasteiger partial charge in [-0.05, 0) is 103 Å². The van der Waals surface area contributed by atoms with Crippen LogP contribution in [-0.2, 0) is 5.41 Å². The number of fused-ring (bicyclic) bond motifs is 3. The summed E-state index contributed by atoms with van der Waals surface area (Å²) in [5, 5.41) is 19.7. The zero-order chi connectivity index (χ0) is 27.0. The predicted molar refractivity (Wildman–Crippen MR) is 168 cm³/mol. The van der Waals surface area contributed by atoms with Gasteiger partial charge in [0.15, 0.2) is 0 Å². The number of hydrogen-bond donors (Lipinski definition) is 0. The van der Waals surface area contributed by atoms with E-state index >= 15 is 0 Å². The largest absolute Gasteiger partial charge is 0.310 e. The van der Waals surface area contributed by atoms with Gasteiger partial charge in [0.2, 0.25) is 0 Å². The highest BCUT2D eigenvalue weighted by atomic mass is 15.1. The first-order valence-corrected chi connectivity index (χ1v) is 13.8. The molecule has 1 aliphatic carbocycles. The highest BCUT2D eigenvalue weighted by molar-refractivity contribution is 6.16. The summed E-state index contributed by atoms with van der Waals surface area (Å²) in [4.78, 5) is 2.33. The van der Waals surface area contributed by atoms with Crippen LogP contribution in [-0.4, -0.2) is 0 Å². The molecule has 0 saturated heterocycles. The standard InChI is InChI=1S/C38H26N2/c1-38(2)34-9-5-7-26-13-15-28-21-31(22-35(38)37(28)36(26)34)40(29-16-10-24(23-39)11-17-29)30-18-19-33-27(20-30)14-12-25-6-3-4-8-32(25)33/h3-22H,1-2H3. The maximum atomic E-state index is 9.46. The van der Waals surface area contributed by atoms with Gasteiger partial charge in [-0.1, -0.05) is 86.6 Å². The Balaban J connectivity index is 1.39. The van der Waals surface area contributed by atoms with Crippen molar-refractivity contribution in [3.63, 3.8) is 0 Å². The lowest BCUT2D eigenvalue weighted by molar-refractivity contribution is 0.663. The van der Waals surface area contributed by atoms with Crippen molar-refractivity contribution in [3.8, 4) is 6.07 Å². The third-order valence-electron chi connectivity index (χ3n) is 8.79. The zero-order valence-electron chi connectivity index (χ0n) is 22.4. The molecule has 0 atom stereocenters. The van der Waals surface area contributed by atoms with E-state index in [4.69, 9.17) is 0 Å². The van der Waals surface area contributed by atoms with Gasteiger partial charge in [0.05, 0.1) is 11.6 Å². The van der Waals surface area contributed by atoms with Crippen LogP contribution in [0.3, 0.4) is 0 Å². The molecule has 0 unspecified atom stereocenters. The number of hydrogen-bond acceptors (Lipinski definition) is 2. The molecule has 0 radical (unpaired) electrons. The highest BCUT2D eigenvalue weighted by Gasteiger charge is 2.34. The van der Waals surface area contributed by atoms with E-state index in [2.05, 4.69) is 134 Å². The van der Waals surface area contributed by atoms with Crippen LogP contribution in [0, 0.1) is 11.3 Å². The Morgan fingerprint density at radius 2 is 1.18 bits per heavy atom. The van der Waals surface area contributed by atoms with E-state index in [1.807, 2.05) is 12.1 Å². The van der Waals surface area contributed by atoms with E-state index in [0.29, 0.717) is 5.56 Å². The van der Waals surface area contributed by atoms with E-state index in [9.17, 15) is 5.26 Å². The Morgan fingerprint density at radius 1 is 0.525 bits per heavy atom. The summed E-state index contributed by atoms with van der Waals surface area (Å²) in [6, 6.07) is 45.8. The molecule has 2 heteroatoms. The van der Waals surface area contributed by atoms with E-state index in [-0.39, 0.29) is 5.41 Å². The quantitative estimate of drug-likeness (QED) is 0.221. The van der Waals surface area contributed by atoms with Gasteiger partial charge in [-0.25, -0.2) is 0 Å². The number of benzene rings is 7. The number of nitrogens with zero attached hydrogens (tertiary/aromatic N) is 2. The lowest BCUT2D eigenvalue weighted by Crippen LogP contribution is -2.17. The molecular formula is C38H26N2. The van der Waals surface area contributed by atoms with Gasteiger partial charge in [0, 0.05) is 22.5 Å². The Labute approximate surface area is 233 Å². The van der Waals surface area contributed by atoms with Crippen molar-refractivity contribution in [2.45, 2.75) is 19.3 Å². The van der Waals surface area contributed by atoms with Gasteiger partial charge in [-0.3, -0.25) is 0 Å². The van der Waals surface area contributed by atoms with Crippen LogP contribution in [0.25, 0.3) is 43.1 Å². The molecule has 0 N–H and O–H groups in total. The summed E-state index contributed by atoms with van der Waals surface area (Å²) in [7, 11) is 0. The lowest BCUT2D eigenvalue weighted by atomic mass is 9.81. The van der Waals surface area contributed by atoms with Crippen molar-refractivity contribution in [3.05, 3.63) is 138 Å². The maximum absolute atomic E-state index is 9.46. The maximum Gasteiger partial charge on any atom is 0.0991 e. The van der Waals surface area contributed by atoms with Gasteiger partial charge < -0.3 is 4.90 Å². The van der Waals surface area contributed by atoms with Crippen molar-refractivity contribution >= 4 is 60.2 Å². The molecule has 0 amide bonds. The minimum absolute atomic E-state index is 0.101. The monoisotopic (exact) mass is 510 g/mol. The first-order valence-electron chi connectivity index (χ1n) is 13.8. The molecule has 1 aliphatic rings. The number of nitriles is 1. The molecule has 40 heavy (non-hydrogen) atoms. The second-order valence-corrected chi connectivity index (χ2v) is 11.4. The van der Waals surface area contributed by atoms with Gasteiger partial charge in [-0.15, -0.1) is 0 Å². The molecule has 7 aromatic rings. The van der Waals surface area contributed by atoms with Crippen LogP contribution < -0.4 is 4.90 Å². The normalized spacial score (nSPS) is 13.4. The van der Waals surface area contributed by atoms with Crippen LogP contribution in [0.15, 0.2) is 121 Å². The van der Waals surface area contributed by atoms with Crippen molar-refractivity contribution in [2.24, 2.45) is 0 Å². The molecule has 0 heterocycles. The third kappa shape index (κ3) is 3.15. The molecule has 7 aromatic carbocycles. The van der Waals surface area contributed by atoms with Crippen molar-refractivity contribution in [1.29, 1.82) is 5.26 Å². The van der Waals surface area contributed by atoms with E-state index in [1.54, 1.807) is 0 Å². The first kappa shape index (κ1) is 22.8. The SMILES string of the molecule is CC1(C)c2cccc3ccc4cc(N(c5ccc(C#N)cc5)c5ccc6c(ccc7ccccc76)c5)cc1c4c23. The van der Waals surface area contributed by atoms with E-state index < -0.39 is 0 Å². The van der Waals surface area contributed by atoms with E-state index in [1.165, 1.54) is 54.2 Å². The van der Waals surface area contributed by atoms with Crippen LogP contribution in [0.2, 0.25) is 0 Å². The molecule has 0 spiro atoms. The van der Waals surface area contributed by atoms with Crippen LogP contribution >= 0.6 is 0 Å². The fourth-order valence-corrected chi connectivity index (χ4v) is 6.79. The van der Waals surface area contributed by atoms with Gasteiger partial charge in [-0.2, -0.15) is 5.26 Å². The topological polar surface area (TPSA) is 27.0 Å². The average molecular weight is 511 g/mol. The molecule has 0 bridgehead atoms. The first-order chi connectivity index (χ1) is 19.5. The van der Waals surface area contributed by atoms with Crippen molar-refractivity contribution in [1.82, 2.24) is 0 Å². The summed E-state index contributed by atoms with van der Waals surface area (Å²) in [5.74, 6) is 0. The lowest BCUT2D eigenvalue weighted by Gasteiger charge is -2.29. The molecular weight excluding hydrogens is 484 g/mol. The molecule has 0 saturated carbocycles. The predicted octanol–water partition coefficient (Wildman–Crippen LogP) is 10.3. The Hall–Kier alpha value is -5.13. The van der Waals surface area contributed by atoms with Crippen molar-refractivity contribution in [2.75, 3.05) is 4.90 Å². The van der Waals surface area contributed by atoms with Crippen LogP contribution in [0.1, 0.15) is 30.5 Å². The Bertz CT molecular complexity index is 2200. The zero-order valence-corrected chi connectivity index (χ0v) is 22.4. The molecule has 0 fully saturated rings. The molecule has 0 aromatic heterocycles. The van der Waals surface area contributed by atoms with E-state index in [0.717, 1.165) is 17.1 Å². The van der Waals surface area contributed by atoms with Crippen molar-refractivity contribution < 1.29 is 0 Å². The fraction of sp³-hybridized carbons (Fsp3) is 0.0789. The van der Waals surface area contributed by atoms with Gasteiger partial charge in [0.25, 0.3) is 0 Å². The van der Waals surface area contributed by atoms with Gasteiger partial charge in [0.1, 0.15) is 0 Å². The minimum atomic E-state index is -0.101. The second kappa shape index (κ2) is 8.18. The Kier molecular flexibility index (Phi) is 4.67. The fourth-order valence-electron chi connectivity index (χ4n) is 6.79. The minimum Gasteiger partial charge on any atom is -0.310 e. The summed E-state index contributed by atoms with van der Waals surface area (Å²) >= 11 is 0. The molecule has 188 valence electrons. The van der Waals surface area contributed by atoms with Crippen LogP contribution in [0.5, 0.6) is 0 Å². The Morgan fingerprint density at radius 3 is 2.02 bits per heavy atom. The van der Waals surface area contributed by atoms with Gasteiger partial charge >= 0.3 is 0 Å². The molecule has 0 aliphatic heterocycles. The summed E-state index contributed by atoms with van der Waals surface area (Å²) in [6.07, 6.45) is 0. The highest BCUT2D eigenvalue weighted by Crippen LogP contribution is 2.51. The number of rotatable bonds is 3. The molecule has 8 rings (SSSR count). The van der Waals surface area contributed by atoms with Crippen LogP contribution in [0.4, 0.5) is 17.1 Å². The smallest absolute Gasteiger partial charge is 0.0991 e.